The van der Waals surface area contributed by atoms with Crippen LogP contribution >= 0.6 is 0 Å². The zero-order chi connectivity index (χ0) is 10.6. The molecule has 3 heteroatoms. The van der Waals surface area contributed by atoms with E-state index in [1.165, 1.54) is 5.57 Å². The standard InChI is InChI=1S/C11H17NO2/c1-4-14-11(13)10-9(12-10)7-5-6-8(2)3/h6,10H,4-5,7H2,1-3H3. The summed E-state index contributed by atoms with van der Waals surface area (Å²) in [5.41, 5.74) is 2.29. The van der Waals surface area contributed by atoms with Crippen LogP contribution < -0.4 is 0 Å². The molecule has 0 spiro atoms. The Labute approximate surface area is 84.9 Å². The van der Waals surface area contributed by atoms with Crippen LogP contribution in [0.5, 0.6) is 0 Å². The van der Waals surface area contributed by atoms with E-state index in [0.29, 0.717) is 6.61 Å². The summed E-state index contributed by atoms with van der Waals surface area (Å²) in [5.74, 6) is -0.195. The molecule has 0 N–H and O–H groups in total. The minimum absolute atomic E-state index is 0.195. The number of rotatable bonds is 5. The summed E-state index contributed by atoms with van der Waals surface area (Å²) >= 11 is 0. The first kappa shape index (κ1) is 11.0. The topological polar surface area (TPSA) is 38.7 Å². The Hall–Kier alpha value is -1.12. The van der Waals surface area contributed by atoms with Crippen molar-refractivity contribution >= 4 is 11.7 Å². The lowest BCUT2D eigenvalue weighted by Gasteiger charge is -1.97. The molecule has 1 aliphatic heterocycles. The number of ether oxygens (including phenoxy) is 1. The molecule has 3 nitrogen and oxygen atoms in total. The normalized spacial score (nSPS) is 18.5. The number of hydrogen-bond acceptors (Lipinski definition) is 3. The van der Waals surface area contributed by atoms with Gasteiger partial charge in [-0.2, -0.15) is 0 Å². The van der Waals surface area contributed by atoms with Crippen LogP contribution in [0.4, 0.5) is 0 Å². The van der Waals surface area contributed by atoms with Crippen LogP contribution in [0.3, 0.4) is 0 Å². The first-order chi connectivity index (χ1) is 6.65. The van der Waals surface area contributed by atoms with Crippen molar-refractivity contribution in [3.8, 4) is 0 Å². The Morgan fingerprint density at radius 3 is 2.86 bits per heavy atom. The predicted octanol–water partition coefficient (Wildman–Crippen LogP) is 2.12. The molecule has 14 heavy (non-hydrogen) atoms. The van der Waals surface area contributed by atoms with E-state index in [1.54, 1.807) is 0 Å². The van der Waals surface area contributed by atoms with E-state index in [0.717, 1.165) is 18.6 Å². The van der Waals surface area contributed by atoms with Gasteiger partial charge in [-0.1, -0.05) is 11.6 Å². The average Bonchev–Trinajstić information content (AvgIpc) is 2.84. The maximum atomic E-state index is 11.2. The molecular weight excluding hydrogens is 178 g/mol. The predicted molar refractivity (Wildman–Crippen MR) is 56.5 cm³/mol. The summed E-state index contributed by atoms with van der Waals surface area (Å²) in [4.78, 5) is 15.2. The highest BCUT2D eigenvalue weighted by atomic mass is 16.5. The van der Waals surface area contributed by atoms with Gasteiger partial charge in [0.05, 0.1) is 12.3 Å². The van der Waals surface area contributed by atoms with Gasteiger partial charge in [-0.3, -0.25) is 4.99 Å². The number of allylic oxidation sites excluding steroid dienone is 2. The number of aliphatic imine (C=N–C) groups is 1. The van der Waals surface area contributed by atoms with Crippen LogP contribution in [-0.4, -0.2) is 24.3 Å². The van der Waals surface area contributed by atoms with Gasteiger partial charge in [-0.25, -0.2) is 4.79 Å². The number of carbonyl (C=O) groups is 1. The molecule has 1 unspecified atom stereocenters. The zero-order valence-corrected chi connectivity index (χ0v) is 9.04. The fraction of sp³-hybridized carbons (Fsp3) is 0.636. The molecule has 78 valence electrons. The Balaban J connectivity index is 2.16. The summed E-state index contributed by atoms with van der Waals surface area (Å²) in [6.07, 6.45) is 4.01. The maximum Gasteiger partial charge on any atom is 0.336 e. The van der Waals surface area contributed by atoms with Crippen molar-refractivity contribution in [2.45, 2.75) is 39.7 Å². The van der Waals surface area contributed by atoms with Gasteiger partial charge >= 0.3 is 5.97 Å². The quantitative estimate of drug-likeness (QED) is 0.498. The Kier molecular flexibility index (Phi) is 3.86. The van der Waals surface area contributed by atoms with Crippen LogP contribution in [0.25, 0.3) is 0 Å². The molecule has 0 aromatic heterocycles. The zero-order valence-electron chi connectivity index (χ0n) is 9.04. The van der Waals surface area contributed by atoms with Crippen molar-refractivity contribution in [2.24, 2.45) is 4.99 Å². The molecule has 0 aliphatic carbocycles. The third-order valence-corrected chi connectivity index (χ3v) is 2.01. The second-order valence-electron chi connectivity index (χ2n) is 3.60. The largest absolute Gasteiger partial charge is 0.464 e. The average molecular weight is 195 g/mol. The number of esters is 1. The van der Waals surface area contributed by atoms with Crippen molar-refractivity contribution < 1.29 is 9.53 Å². The van der Waals surface area contributed by atoms with Crippen LogP contribution in [-0.2, 0) is 9.53 Å². The SMILES string of the molecule is CCOC(=O)C1N=C1CCC=C(C)C. The highest BCUT2D eigenvalue weighted by Crippen LogP contribution is 2.18. The highest BCUT2D eigenvalue weighted by molar-refractivity contribution is 6.16. The van der Waals surface area contributed by atoms with E-state index < -0.39 is 0 Å². The van der Waals surface area contributed by atoms with Crippen molar-refractivity contribution in [3.63, 3.8) is 0 Å². The number of carbonyl (C=O) groups excluding carboxylic acids is 1. The highest BCUT2D eigenvalue weighted by Gasteiger charge is 2.34. The van der Waals surface area contributed by atoms with E-state index in [1.807, 2.05) is 6.92 Å². The van der Waals surface area contributed by atoms with E-state index in [4.69, 9.17) is 4.74 Å². The second kappa shape index (κ2) is 4.94. The molecule has 0 saturated heterocycles. The first-order valence-electron chi connectivity index (χ1n) is 5.01. The molecule has 0 aromatic rings. The van der Waals surface area contributed by atoms with Gasteiger partial charge in [0.1, 0.15) is 0 Å². The summed E-state index contributed by atoms with van der Waals surface area (Å²) in [6, 6.07) is -0.250. The molecule has 0 aromatic carbocycles. The molecule has 1 aliphatic rings. The Bertz CT molecular complexity index is 275. The molecule has 1 atom stereocenters. The molecule has 0 saturated carbocycles. The van der Waals surface area contributed by atoms with Crippen LogP contribution in [0.15, 0.2) is 16.6 Å². The lowest BCUT2D eigenvalue weighted by atomic mass is 10.1. The summed E-state index contributed by atoms with van der Waals surface area (Å²) in [6.45, 7) is 6.38. The summed E-state index contributed by atoms with van der Waals surface area (Å²) in [7, 11) is 0. The van der Waals surface area contributed by atoms with Crippen LogP contribution in [0.1, 0.15) is 33.6 Å². The molecule has 0 fully saturated rings. The van der Waals surface area contributed by atoms with Gasteiger partial charge in [-0.15, -0.1) is 0 Å². The lowest BCUT2D eigenvalue weighted by molar-refractivity contribution is -0.142. The van der Waals surface area contributed by atoms with Crippen LogP contribution in [0, 0.1) is 0 Å². The summed E-state index contributed by atoms with van der Waals surface area (Å²) in [5, 5.41) is 0. The van der Waals surface area contributed by atoms with E-state index in [9.17, 15) is 4.79 Å². The van der Waals surface area contributed by atoms with E-state index in [2.05, 4.69) is 24.9 Å². The van der Waals surface area contributed by atoms with E-state index >= 15 is 0 Å². The Morgan fingerprint density at radius 1 is 1.57 bits per heavy atom. The van der Waals surface area contributed by atoms with Crippen LogP contribution in [0.2, 0.25) is 0 Å². The number of nitrogens with zero attached hydrogens (tertiary/aromatic N) is 1. The van der Waals surface area contributed by atoms with Gasteiger partial charge in [-0.05, 0) is 33.6 Å². The third kappa shape index (κ3) is 3.32. The minimum Gasteiger partial charge on any atom is -0.464 e. The van der Waals surface area contributed by atoms with Crippen molar-refractivity contribution in [2.75, 3.05) is 6.61 Å². The smallest absolute Gasteiger partial charge is 0.336 e. The monoisotopic (exact) mass is 195 g/mol. The van der Waals surface area contributed by atoms with Gasteiger partial charge in [0.2, 0.25) is 0 Å². The molecule has 1 rings (SSSR count). The third-order valence-electron chi connectivity index (χ3n) is 2.01. The van der Waals surface area contributed by atoms with E-state index in [-0.39, 0.29) is 12.0 Å². The second-order valence-corrected chi connectivity index (χ2v) is 3.60. The van der Waals surface area contributed by atoms with Gasteiger partial charge < -0.3 is 4.74 Å². The maximum absolute atomic E-state index is 11.2. The molecule has 0 bridgehead atoms. The van der Waals surface area contributed by atoms with Crippen molar-refractivity contribution in [3.05, 3.63) is 11.6 Å². The lowest BCUT2D eigenvalue weighted by Crippen LogP contribution is -2.16. The molecular formula is C11H17NO2. The van der Waals surface area contributed by atoms with Gasteiger partial charge in [0.25, 0.3) is 0 Å². The van der Waals surface area contributed by atoms with Gasteiger partial charge in [0, 0.05) is 0 Å². The molecule has 0 amide bonds. The van der Waals surface area contributed by atoms with Crippen molar-refractivity contribution in [1.82, 2.24) is 0 Å². The molecule has 0 radical (unpaired) electrons. The summed E-state index contributed by atoms with van der Waals surface area (Å²) < 4.78 is 4.85. The first-order valence-corrected chi connectivity index (χ1v) is 5.01. The fourth-order valence-electron chi connectivity index (χ4n) is 1.25. The van der Waals surface area contributed by atoms with Gasteiger partial charge in [0.15, 0.2) is 6.04 Å². The Morgan fingerprint density at radius 2 is 2.29 bits per heavy atom. The molecule has 1 heterocycles. The minimum atomic E-state index is -0.250. The van der Waals surface area contributed by atoms with Crippen molar-refractivity contribution in [1.29, 1.82) is 0 Å². The number of hydrogen-bond donors (Lipinski definition) is 0. The fourth-order valence-corrected chi connectivity index (χ4v) is 1.25.